The number of anilines is 1. The summed E-state index contributed by atoms with van der Waals surface area (Å²) in [7, 11) is 0. The molecule has 1 saturated carbocycles. The van der Waals surface area contributed by atoms with E-state index in [9.17, 15) is 0 Å². The molecule has 0 unspecified atom stereocenters. The molecule has 0 aromatic heterocycles. The van der Waals surface area contributed by atoms with Crippen LogP contribution in [0.2, 0.25) is 0 Å². The van der Waals surface area contributed by atoms with Crippen molar-refractivity contribution < 1.29 is 4.74 Å². The fourth-order valence-corrected chi connectivity index (χ4v) is 2.73. The summed E-state index contributed by atoms with van der Waals surface area (Å²) < 4.78 is 5.24. The van der Waals surface area contributed by atoms with Crippen molar-refractivity contribution in [1.82, 2.24) is 0 Å². The number of ether oxygens (including phenoxy) is 1. The summed E-state index contributed by atoms with van der Waals surface area (Å²) in [5, 5.41) is 12.0. The number of nitriles is 1. The van der Waals surface area contributed by atoms with Crippen LogP contribution in [0.3, 0.4) is 0 Å². The van der Waals surface area contributed by atoms with Crippen molar-refractivity contribution in [3.05, 3.63) is 60.2 Å². The summed E-state index contributed by atoms with van der Waals surface area (Å²) in [6.07, 6.45) is 2.35. The highest BCUT2D eigenvalue weighted by molar-refractivity contribution is 5.48. The SMILES string of the molecule is N#CCOc1ccc(NC2CC(c3ccccc3)C2)cc1. The zero-order valence-electron chi connectivity index (χ0n) is 11.8. The zero-order chi connectivity index (χ0) is 14.5. The van der Waals surface area contributed by atoms with Crippen molar-refractivity contribution in [3.63, 3.8) is 0 Å². The van der Waals surface area contributed by atoms with E-state index >= 15 is 0 Å². The molecule has 1 aliphatic rings. The monoisotopic (exact) mass is 278 g/mol. The van der Waals surface area contributed by atoms with Crippen LogP contribution in [0.25, 0.3) is 0 Å². The Bertz CT molecular complexity index is 610. The van der Waals surface area contributed by atoms with Gasteiger partial charge in [-0.05, 0) is 48.6 Å². The second-order valence-electron chi connectivity index (χ2n) is 5.39. The Labute approximate surface area is 125 Å². The molecular weight excluding hydrogens is 260 g/mol. The second-order valence-corrected chi connectivity index (χ2v) is 5.39. The zero-order valence-corrected chi connectivity index (χ0v) is 11.8. The van der Waals surface area contributed by atoms with Crippen molar-refractivity contribution >= 4 is 5.69 Å². The number of hydrogen-bond acceptors (Lipinski definition) is 3. The van der Waals surface area contributed by atoms with Crippen molar-refractivity contribution in [2.24, 2.45) is 0 Å². The summed E-state index contributed by atoms with van der Waals surface area (Å²) in [5.74, 6) is 1.42. The third kappa shape index (κ3) is 3.35. The first-order valence-electron chi connectivity index (χ1n) is 7.26. The lowest BCUT2D eigenvalue weighted by molar-refractivity contribution is 0.367. The summed E-state index contributed by atoms with van der Waals surface area (Å²) in [6, 6.07) is 21.0. The van der Waals surface area contributed by atoms with Crippen molar-refractivity contribution in [2.75, 3.05) is 11.9 Å². The minimum atomic E-state index is 0.0914. The molecule has 0 amide bonds. The standard InChI is InChI=1S/C18H18N2O/c19-10-11-21-18-8-6-16(7-9-18)20-17-12-15(13-17)14-4-2-1-3-5-14/h1-9,15,17,20H,11-13H2. The summed E-state index contributed by atoms with van der Waals surface area (Å²) in [5.41, 5.74) is 2.55. The maximum atomic E-state index is 8.47. The van der Waals surface area contributed by atoms with Crippen LogP contribution < -0.4 is 10.1 Å². The topological polar surface area (TPSA) is 45.0 Å². The van der Waals surface area contributed by atoms with Gasteiger partial charge in [-0.1, -0.05) is 30.3 Å². The Hall–Kier alpha value is -2.47. The van der Waals surface area contributed by atoms with Crippen LogP contribution in [0.15, 0.2) is 54.6 Å². The number of benzene rings is 2. The summed E-state index contributed by atoms with van der Waals surface area (Å²) in [6.45, 7) is 0.0914. The first kappa shape index (κ1) is 13.5. The van der Waals surface area contributed by atoms with Gasteiger partial charge >= 0.3 is 0 Å². The van der Waals surface area contributed by atoms with Gasteiger partial charge in [0.25, 0.3) is 0 Å². The minimum Gasteiger partial charge on any atom is -0.479 e. The number of nitrogens with zero attached hydrogens (tertiary/aromatic N) is 1. The molecule has 2 aromatic rings. The van der Waals surface area contributed by atoms with E-state index in [0.29, 0.717) is 12.0 Å². The van der Waals surface area contributed by atoms with Crippen LogP contribution in [0.4, 0.5) is 5.69 Å². The molecular formula is C18H18N2O. The van der Waals surface area contributed by atoms with Crippen molar-refractivity contribution in [1.29, 1.82) is 5.26 Å². The van der Waals surface area contributed by atoms with Crippen LogP contribution in [0.5, 0.6) is 5.75 Å². The van der Waals surface area contributed by atoms with Crippen LogP contribution in [-0.2, 0) is 0 Å². The third-order valence-electron chi connectivity index (χ3n) is 3.94. The van der Waals surface area contributed by atoms with Gasteiger partial charge in [-0.2, -0.15) is 5.26 Å². The van der Waals surface area contributed by atoms with Crippen molar-refractivity contribution in [2.45, 2.75) is 24.8 Å². The molecule has 0 heterocycles. The van der Waals surface area contributed by atoms with E-state index in [4.69, 9.17) is 10.00 Å². The van der Waals surface area contributed by atoms with Crippen LogP contribution in [-0.4, -0.2) is 12.6 Å². The van der Waals surface area contributed by atoms with Gasteiger partial charge < -0.3 is 10.1 Å². The Balaban J connectivity index is 1.49. The maximum Gasteiger partial charge on any atom is 0.174 e. The van der Waals surface area contributed by atoms with E-state index in [1.165, 1.54) is 18.4 Å². The van der Waals surface area contributed by atoms with Gasteiger partial charge in [-0.3, -0.25) is 0 Å². The Kier molecular flexibility index (Phi) is 4.07. The van der Waals surface area contributed by atoms with E-state index in [-0.39, 0.29) is 6.61 Å². The molecule has 3 heteroatoms. The number of nitrogens with one attached hydrogen (secondary N) is 1. The Morgan fingerprint density at radius 3 is 2.43 bits per heavy atom. The molecule has 2 aromatic carbocycles. The fraction of sp³-hybridized carbons (Fsp3) is 0.278. The Morgan fingerprint density at radius 1 is 1.05 bits per heavy atom. The molecule has 1 fully saturated rings. The first-order chi connectivity index (χ1) is 10.3. The molecule has 0 radical (unpaired) electrons. The number of rotatable bonds is 5. The van der Waals surface area contributed by atoms with E-state index in [1.54, 1.807) is 0 Å². The molecule has 0 spiro atoms. The highest BCUT2D eigenvalue weighted by atomic mass is 16.5. The molecule has 21 heavy (non-hydrogen) atoms. The van der Waals surface area contributed by atoms with Gasteiger partial charge in [0.05, 0.1) is 0 Å². The fourth-order valence-electron chi connectivity index (χ4n) is 2.73. The largest absolute Gasteiger partial charge is 0.479 e. The molecule has 3 rings (SSSR count). The van der Waals surface area contributed by atoms with E-state index in [1.807, 2.05) is 30.3 Å². The predicted octanol–water partition coefficient (Wildman–Crippen LogP) is 3.95. The summed E-state index contributed by atoms with van der Waals surface area (Å²) in [4.78, 5) is 0. The normalized spacial score (nSPS) is 20.1. The lowest BCUT2D eigenvalue weighted by atomic mass is 9.76. The van der Waals surface area contributed by atoms with Gasteiger partial charge in [0.15, 0.2) is 6.61 Å². The quantitative estimate of drug-likeness (QED) is 0.900. The lowest BCUT2D eigenvalue weighted by Crippen LogP contribution is -2.33. The average molecular weight is 278 g/mol. The van der Waals surface area contributed by atoms with E-state index in [0.717, 1.165) is 11.4 Å². The highest BCUT2D eigenvalue weighted by Gasteiger charge is 2.29. The molecule has 0 aliphatic heterocycles. The highest BCUT2D eigenvalue weighted by Crippen LogP contribution is 2.38. The van der Waals surface area contributed by atoms with Gasteiger partial charge in [0.2, 0.25) is 0 Å². The molecule has 106 valence electrons. The van der Waals surface area contributed by atoms with Crippen molar-refractivity contribution in [3.8, 4) is 11.8 Å². The van der Waals surface area contributed by atoms with E-state index in [2.05, 4.69) is 35.6 Å². The van der Waals surface area contributed by atoms with E-state index < -0.39 is 0 Å². The van der Waals surface area contributed by atoms with Crippen LogP contribution in [0.1, 0.15) is 24.3 Å². The van der Waals surface area contributed by atoms with Gasteiger partial charge in [-0.15, -0.1) is 0 Å². The smallest absolute Gasteiger partial charge is 0.174 e. The molecule has 1 N–H and O–H groups in total. The van der Waals surface area contributed by atoms with Gasteiger partial charge in [-0.25, -0.2) is 0 Å². The predicted molar refractivity (Wildman–Crippen MR) is 83.4 cm³/mol. The van der Waals surface area contributed by atoms with Gasteiger partial charge in [0, 0.05) is 11.7 Å². The molecule has 3 nitrogen and oxygen atoms in total. The van der Waals surface area contributed by atoms with Crippen LogP contribution in [0, 0.1) is 11.3 Å². The van der Waals surface area contributed by atoms with Crippen LogP contribution >= 0.6 is 0 Å². The summed E-state index contributed by atoms with van der Waals surface area (Å²) >= 11 is 0. The molecule has 0 saturated heterocycles. The van der Waals surface area contributed by atoms with Gasteiger partial charge in [0.1, 0.15) is 11.8 Å². The maximum absolute atomic E-state index is 8.47. The lowest BCUT2D eigenvalue weighted by Gasteiger charge is -2.37. The molecule has 0 bridgehead atoms. The Morgan fingerprint density at radius 2 is 1.76 bits per heavy atom. The number of hydrogen-bond donors (Lipinski definition) is 1. The molecule has 1 aliphatic carbocycles. The second kappa shape index (κ2) is 6.32. The first-order valence-corrected chi connectivity index (χ1v) is 7.26. The minimum absolute atomic E-state index is 0.0914. The third-order valence-corrected chi connectivity index (χ3v) is 3.94. The average Bonchev–Trinajstić information content (AvgIpc) is 2.50. The molecule has 0 atom stereocenters.